The van der Waals surface area contributed by atoms with Crippen LogP contribution in [0.5, 0.6) is 0 Å². The van der Waals surface area contributed by atoms with Crippen LogP contribution in [-0.2, 0) is 23.1 Å². The Labute approximate surface area is 271 Å². The minimum absolute atomic E-state index is 0.179. The van der Waals surface area contributed by atoms with Crippen molar-refractivity contribution in [1.82, 2.24) is 9.88 Å². The third-order valence-corrected chi connectivity index (χ3v) is 8.57. The number of fused-ring (bicyclic) bond motifs is 1. The number of nitrogens with one attached hydrogen (secondary N) is 1. The summed E-state index contributed by atoms with van der Waals surface area (Å²) in [5.41, 5.74) is 11.9. The quantitative estimate of drug-likeness (QED) is 0.118. The highest BCUT2D eigenvalue weighted by atomic mass is 79.9. The minimum atomic E-state index is -4.43. The van der Waals surface area contributed by atoms with Gasteiger partial charge in [0.05, 0.1) is 27.7 Å². The largest absolute Gasteiger partial charge is 0.480 e. The molecule has 5 rings (SSSR count). The lowest BCUT2D eigenvalue weighted by atomic mass is 10.0. The maximum Gasteiger partial charge on any atom is 0.416 e. The molecule has 1 saturated carbocycles. The molecule has 3 aromatic carbocycles. The third-order valence-electron chi connectivity index (χ3n) is 7.83. The van der Waals surface area contributed by atoms with Crippen molar-refractivity contribution in [3.8, 4) is 0 Å². The Morgan fingerprint density at radius 2 is 1.70 bits per heavy atom. The minimum Gasteiger partial charge on any atom is -0.480 e. The number of nitrogens with zero attached hydrogens (tertiary/aromatic N) is 1. The summed E-state index contributed by atoms with van der Waals surface area (Å²) in [6, 6.07) is 16.6. The second-order valence-corrected chi connectivity index (χ2v) is 12.0. The third kappa shape index (κ3) is 8.33. The molecule has 0 aliphatic heterocycles. The Morgan fingerprint density at radius 1 is 1.00 bits per heavy atom. The average Bonchev–Trinajstić information content (AvgIpc) is 3.68. The highest BCUT2D eigenvalue weighted by molar-refractivity contribution is 9.10. The number of aromatic nitrogens is 1. The van der Waals surface area contributed by atoms with Crippen LogP contribution in [0.25, 0.3) is 10.9 Å². The van der Waals surface area contributed by atoms with Gasteiger partial charge in [0.15, 0.2) is 0 Å². The molecule has 13 heteroatoms. The van der Waals surface area contributed by atoms with Gasteiger partial charge in [-0.1, -0.05) is 52.7 Å². The number of aliphatic carboxylic acids is 1. The monoisotopic (exact) mass is 702 g/mol. The number of carbonyl (C=O) groups is 3. The molecule has 1 heterocycles. The summed E-state index contributed by atoms with van der Waals surface area (Å²) in [6.07, 6.45) is 1.01. The molecule has 1 aromatic heterocycles. The molecule has 1 aliphatic carbocycles. The first-order valence-electron chi connectivity index (χ1n) is 14.5. The number of amides is 1. The van der Waals surface area contributed by atoms with Crippen molar-refractivity contribution in [3.63, 3.8) is 0 Å². The molecule has 0 spiro atoms. The van der Waals surface area contributed by atoms with E-state index in [1.807, 2.05) is 22.9 Å². The number of hydrogen-bond acceptors (Lipinski definition) is 5. The topological polar surface area (TPSA) is 161 Å². The molecule has 4 aromatic rings. The summed E-state index contributed by atoms with van der Waals surface area (Å²) in [6.45, 7) is 0.876. The number of carboxylic acid groups (broad SMARTS) is 2. The molecule has 0 unspecified atom stereocenters. The van der Waals surface area contributed by atoms with E-state index < -0.39 is 35.3 Å². The van der Waals surface area contributed by atoms with Gasteiger partial charge in [0, 0.05) is 22.6 Å². The molecule has 0 radical (unpaired) electrons. The SMILES string of the molecule is NCCCC[C@H](N)C(=O)O.O=C(O)c1ccc(C2(NC(=O)c3cccc4ccn(Cc5ccc(C(F)(F)F)cc5Br)c34)CC2)cc1. The molecule has 1 fully saturated rings. The fourth-order valence-electron chi connectivity index (χ4n) is 5.07. The lowest BCUT2D eigenvalue weighted by Gasteiger charge is -2.19. The number of alkyl halides is 3. The fourth-order valence-corrected chi connectivity index (χ4v) is 5.58. The van der Waals surface area contributed by atoms with Crippen molar-refractivity contribution >= 4 is 44.7 Å². The van der Waals surface area contributed by atoms with E-state index in [0.717, 1.165) is 48.8 Å². The van der Waals surface area contributed by atoms with Crippen molar-refractivity contribution in [2.75, 3.05) is 6.54 Å². The highest BCUT2D eigenvalue weighted by Gasteiger charge is 2.46. The number of para-hydroxylation sites is 1. The fraction of sp³-hybridized carbons (Fsp3) is 0.303. The van der Waals surface area contributed by atoms with Crippen molar-refractivity contribution in [3.05, 3.63) is 105 Å². The molecule has 46 heavy (non-hydrogen) atoms. The van der Waals surface area contributed by atoms with Gasteiger partial charge < -0.3 is 31.6 Å². The van der Waals surface area contributed by atoms with Crippen LogP contribution >= 0.6 is 15.9 Å². The summed E-state index contributed by atoms with van der Waals surface area (Å²) in [4.78, 5) is 34.7. The zero-order valence-electron chi connectivity index (χ0n) is 24.7. The van der Waals surface area contributed by atoms with E-state index in [-0.39, 0.29) is 18.0 Å². The summed E-state index contributed by atoms with van der Waals surface area (Å²) in [5.74, 6) is -2.22. The predicted molar refractivity (Wildman–Crippen MR) is 170 cm³/mol. The van der Waals surface area contributed by atoms with Crippen LogP contribution in [0.3, 0.4) is 0 Å². The van der Waals surface area contributed by atoms with Crippen molar-refractivity contribution in [2.45, 2.75) is 56.4 Å². The number of carboxylic acids is 2. The first-order chi connectivity index (χ1) is 21.8. The van der Waals surface area contributed by atoms with Gasteiger partial charge in [-0.2, -0.15) is 13.2 Å². The van der Waals surface area contributed by atoms with Crippen LogP contribution in [-0.4, -0.2) is 45.2 Å². The summed E-state index contributed by atoms with van der Waals surface area (Å²) in [7, 11) is 0. The number of nitrogens with two attached hydrogens (primary N) is 2. The Hall–Kier alpha value is -4.20. The van der Waals surface area contributed by atoms with E-state index in [1.165, 1.54) is 18.2 Å². The molecule has 7 N–H and O–H groups in total. The lowest BCUT2D eigenvalue weighted by molar-refractivity contribution is -0.139. The standard InChI is InChI=1S/C27H20BrF3N2O3.C6H14N2O2/c28-22-14-20(27(29,30)31)9-6-18(22)15-33-13-10-16-2-1-3-21(23(16)33)24(34)32-26(11-12-26)19-7-4-17(5-8-19)25(35)36;7-4-2-1-3-5(8)6(9)10/h1-10,13-14H,11-12,15H2,(H,32,34)(H,35,36);5H,1-4,7-8H2,(H,9,10)/t;5-/m.0/s1. The summed E-state index contributed by atoms with van der Waals surface area (Å²) in [5, 5.41) is 21.4. The number of aromatic carboxylic acids is 1. The molecule has 0 bridgehead atoms. The first-order valence-corrected chi connectivity index (χ1v) is 15.3. The van der Waals surface area contributed by atoms with Gasteiger partial charge in [-0.25, -0.2) is 4.79 Å². The van der Waals surface area contributed by atoms with Crippen LogP contribution in [0.15, 0.2) is 77.4 Å². The van der Waals surface area contributed by atoms with Crippen LogP contribution in [0, 0.1) is 0 Å². The van der Waals surface area contributed by atoms with E-state index in [9.17, 15) is 27.6 Å². The zero-order chi connectivity index (χ0) is 33.6. The molecular weight excluding hydrogens is 669 g/mol. The van der Waals surface area contributed by atoms with Gasteiger partial charge >= 0.3 is 18.1 Å². The number of carbonyl (C=O) groups excluding carboxylic acids is 1. The number of halogens is 4. The van der Waals surface area contributed by atoms with Crippen LogP contribution < -0.4 is 16.8 Å². The normalized spacial score (nSPS) is 14.2. The van der Waals surface area contributed by atoms with Crippen molar-refractivity contribution < 1.29 is 37.8 Å². The molecule has 1 aliphatic rings. The summed E-state index contributed by atoms with van der Waals surface area (Å²) < 4.78 is 41.3. The predicted octanol–water partition coefficient (Wildman–Crippen LogP) is 6.12. The van der Waals surface area contributed by atoms with E-state index in [4.69, 9.17) is 21.7 Å². The summed E-state index contributed by atoms with van der Waals surface area (Å²) >= 11 is 3.26. The zero-order valence-corrected chi connectivity index (χ0v) is 26.3. The number of benzene rings is 3. The van der Waals surface area contributed by atoms with E-state index in [0.29, 0.717) is 34.1 Å². The highest BCUT2D eigenvalue weighted by Crippen LogP contribution is 2.46. The first kappa shape index (κ1) is 34.7. The number of rotatable bonds is 11. The Morgan fingerprint density at radius 3 is 2.26 bits per heavy atom. The molecule has 244 valence electrons. The second-order valence-electron chi connectivity index (χ2n) is 11.1. The Bertz CT molecular complexity index is 1720. The van der Waals surface area contributed by atoms with Crippen molar-refractivity contribution in [1.29, 1.82) is 0 Å². The van der Waals surface area contributed by atoms with Gasteiger partial charge in [0.1, 0.15) is 6.04 Å². The van der Waals surface area contributed by atoms with Gasteiger partial charge in [0.2, 0.25) is 0 Å². The van der Waals surface area contributed by atoms with Crippen LogP contribution in [0.2, 0.25) is 0 Å². The van der Waals surface area contributed by atoms with Gasteiger partial charge in [-0.15, -0.1) is 0 Å². The number of hydrogen-bond donors (Lipinski definition) is 5. The maximum absolute atomic E-state index is 13.4. The lowest BCUT2D eigenvalue weighted by Crippen LogP contribution is -2.35. The van der Waals surface area contributed by atoms with Gasteiger partial charge in [0.25, 0.3) is 5.91 Å². The second kappa shape index (κ2) is 14.5. The van der Waals surface area contributed by atoms with E-state index in [2.05, 4.69) is 21.2 Å². The Kier molecular flexibility index (Phi) is 10.9. The molecular formula is C33H34BrF3N4O5. The van der Waals surface area contributed by atoms with E-state index >= 15 is 0 Å². The molecule has 0 saturated heterocycles. The van der Waals surface area contributed by atoms with Gasteiger partial charge in [-0.05, 0) is 79.8 Å². The van der Waals surface area contributed by atoms with Crippen molar-refractivity contribution in [2.24, 2.45) is 11.5 Å². The maximum atomic E-state index is 13.4. The molecule has 1 amide bonds. The van der Waals surface area contributed by atoms with Crippen LogP contribution in [0.4, 0.5) is 13.2 Å². The van der Waals surface area contributed by atoms with Gasteiger partial charge in [-0.3, -0.25) is 9.59 Å². The van der Waals surface area contributed by atoms with E-state index in [1.54, 1.807) is 24.3 Å². The van der Waals surface area contributed by atoms with Crippen LogP contribution in [0.1, 0.15) is 69.5 Å². The smallest absolute Gasteiger partial charge is 0.416 e. The average molecular weight is 704 g/mol. The molecule has 9 nitrogen and oxygen atoms in total. The number of unbranched alkanes of at least 4 members (excludes halogenated alkanes) is 1. The Balaban J connectivity index is 0.000000416. The molecule has 1 atom stereocenters.